The van der Waals surface area contributed by atoms with Crippen LogP contribution in [0, 0.1) is 5.92 Å². The van der Waals surface area contributed by atoms with Crippen LogP contribution < -0.4 is 16.7 Å². The monoisotopic (exact) mass is 758 g/mol. The van der Waals surface area contributed by atoms with Crippen molar-refractivity contribution in [2.24, 2.45) is 5.92 Å². The minimum Gasteiger partial charge on any atom is -0.322 e. The summed E-state index contributed by atoms with van der Waals surface area (Å²) in [6.07, 6.45) is 2.47. The number of benzene rings is 3. The zero-order chi connectivity index (χ0) is 29.6. The Balaban J connectivity index is 0.00000384. The molecule has 0 aliphatic heterocycles. The fourth-order valence-electron chi connectivity index (χ4n) is 5.66. The molecule has 7 heteroatoms. The Labute approximate surface area is 268 Å². The van der Waals surface area contributed by atoms with Gasteiger partial charge in [-0.1, -0.05) is 72.8 Å². The minimum absolute atomic E-state index is 0. The molecule has 3 aromatic carbocycles. The molecule has 218 valence electrons. The van der Waals surface area contributed by atoms with Gasteiger partial charge in [-0.05, 0) is 95.0 Å². The fraction of sp³-hybridized carbons (Fsp3) is 0.108. The Morgan fingerprint density at radius 3 is 1.00 bits per heavy atom. The molecule has 44 heavy (non-hydrogen) atoms. The van der Waals surface area contributed by atoms with Gasteiger partial charge >= 0.3 is 20.1 Å². The van der Waals surface area contributed by atoms with Gasteiger partial charge in [0.05, 0.1) is 0 Å². The van der Waals surface area contributed by atoms with Gasteiger partial charge in [0.15, 0.2) is 0 Å². The number of nitrogens with one attached hydrogen (secondary N) is 3. The summed E-state index contributed by atoms with van der Waals surface area (Å²) in [5.74, 6) is 0.250. The maximum Gasteiger partial charge on any atom is 3.00 e. The molecule has 0 spiro atoms. The summed E-state index contributed by atoms with van der Waals surface area (Å²) >= 11 is 0. The second-order valence-electron chi connectivity index (χ2n) is 10.9. The SMILES string of the molecule is O=c1cccc(-c2cccc(CC(Cc3cccc(-c4cccc(=O)[nH]4)c3)Cc3cccc(-c4cccc(=O)[nH]4)c3)c2)[nH]1.[Ir+3]. The first-order chi connectivity index (χ1) is 21.0. The van der Waals surface area contributed by atoms with E-state index in [0.29, 0.717) is 0 Å². The van der Waals surface area contributed by atoms with Crippen LogP contribution in [0.15, 0.2) is 142 Å². The van der Waals surface area contributed by atoms with Gasteiger partial charge in [0, 0.05) is 35.3 Å². The zero-order valence-electron chi connectivity index (χ0n) is 23.9. The number of hydrogen-bond donors (Lipinski definition) is 3. The standard InChI is InChI=1S/C37H31N3O3.Ir/c41-35-16-4-13-32(38-35)29-10-1-7-25(22-29)19-28(20-26-8-2-11-30(23-26)33-14-5-17-36(42)39-33)21-27-9-3-12-31(24-27)34-15-6-18-37(43)40-34;/h1-18,22-24,28H,19-21H2,(H,38,41)(H,39,42)(H,40,43);/q;+3. The van der Waals surface area contributed by atoms with Crippen LogP contribution in [0.3, 0.4) is 0 Å². The molecule has 3 aromatic heterocycles. The van der Waals surface area contributed by atoms with Gasteiger partial charge in [-0.3, -0.25) is 14.4 Å². The fourth-order valence-corrected chi connectivity index (χ4v) is 5.66. The van der Waals surface area contributed by atoms with E-state index in [-0.39, 0.29) is 42.7 Å². The normalized spacial score (nSPS) is 10.8. The van der Waals surface area contributed by atoms with Gasteiger partial charge in [0.25, 0.3) is 0 Å². The molecule has 0 fully saturated rings. The summed E-state index contributed by atoms with van der Waals surface area (Å²) in [4.78, 5) is 44.6. The predicted octanol–water partition coefficient (Wildman–Crippen LogP) is 6.39. The van der Waals surface area contributed by atoms with E-state index in [0.717, 1.165) is 53.0 Å². The molecular weight excluding hydrogens is 727 g/mol. The van der Waals surface area contributed by atoms with E-state index in [2.05, 4.69) is 51.4 Å². The molecular formula is C37H31IrN3O3+3. The van der Waals surface area contributed by atoms with Crippen LogP contribution in [-0.2, 0) is 39.4 Å². The third-order valence-corrected chi connectivity index (χ3v) is 7.59. The summed E-state index contributed by atoms with van der Waals surface area (Å²) in [6, 6.07) is 40.6. The van der Waals surface area contributed by atoms with Crippen molar-refractivity contribution in [2.75, 3.05) is 0 Å². The summed E-state index contributed by atoms with van der Waals surface area (Å²) in [5, 5.41) is 0. The van der Waals surface area contributed by atoms with E-state index in [4.69, 9.17) is 0 Å². The Hall–Kier alpha value is -4.84. The molecule has 0 saturated carbocycles. The van der Waals surface area contributed by atoms with Crippen molar-refractivity contribution in [1.82, 2.24) is 15.0 Å². The Bertz CT molecular complexity index is 1830. The largest absolute Gasteiger partial charge is 3.00 e. The van der Waals surface area contributed by atoms with E-state index in [1.807, 2.05) is 54.6 Å². The van der Waals surface area contributed by atoms with Gasteiger partial charge < -0.3 is 15.0 Å². The van der Waals surface area contributed by atoms with Crippen molar-refractivity contribution < 1.29 is 20.1 Å². The molecule has 6 rings (SSSR count). The molecule has 3 N–H and O–H groups in total. The number of hydrogen-bond acceptors (Lipinski definition) is 3. The Kier molecular flexibility index (Phi) is 9.80. The van der Waals surface area contributed by atoms with E-state index >= 15 is 0 Å². The van der Waals surface area contributed by atoms with E-state index in [1.165, 1.54) is 34.9 Å². The summed E-state index contributed by atoms with van der Waals surface area (Å²) < 4.78 is 0. The van der Waals surface area contributed by atoms with Crippen LogP contribution in [0.5, 0.6) is 0 Å². The average Bonchev–Trinajstić information content (AvgIpc) is 3.01. The Morgan fingerprint density at radius 1 is 0.409 bits per heavy atom. The molecule has 0 bridgehead atoms. The van der Waals surface area contributed by atoms with Crippen molar-refractivity contribution in [3.8, 4) is 33.8 Å². The summed E-state index contributed by atoms with van der Waals surface area (Å²) in [7, 11) is 0. The second kappa shape index (κ2) is 14.1. The molecule has 0 unspecified atom stereocenters. The first-order valence-corrected chi connectivity index (χ1v) is 14.3. The van der Waals surface area contributed by atoms with Crippen molar-refractivity contribution in [1.29, 1.82) is 0 Å². The molecule has 0 saturated heterocycles. The van der Waals surface area contributed by atoms with Crippen molar-refractivity contribution in [3.05, 3.63) is 175 Å². The van der Waals surface area contributed by atoms with Crippen LogP contribution in [0.25, 0.3) is 33.8 Å². The number of rotatable bonds is 9. The number of aromatic amines is 3. The van der Waals surface area contributed by atoms with E-state index in [9.17, 15) is 14.4 Å². The van der Waals surface area contributed by atoms with Gasteiger partial charge in [0.2, 0.25) is 16.7 Å². The van der Waals surface area contributed by atoms with Gasteiger partial charge in [-0.15, -0.1) is 0 Å². The van der Waals surface area contributed by atoms with Crippen molar-refractivity contribution in [2.45, 2.75) is 19.3 Å². The quantitative estimate of drug-likeness (QED) is 0.160. The van der Waals surface area contributed by atoms with Crippen LogP contribution in [-0.4, -0.2) is 15.0 Å². The first kappa shape index (κ1) is 30.6. The molecule has 6 nitrogen and oxygen atoms in total. The maximum absolute atomic E-state index is 11.9. The molecule has 0 amide bonds. The van der Waals surface area contributed by atoms with E-state index in [1.54, 1.807) is 18.2 Å². The van der Waals surface area contributed by atoms with Crippen LogP contribution in [0.2, 0.25) is 0 Å². The average molecular weight is 758 g/mol. The smallest absolute Gasteiger partial charge is 0.322 e. The second-order valence-corrected chi connectivity index (χ2v) is 10.9. The topological polar surface area (TPSA) is 98.6 Å². The number of aromatic nitrogens is 3. The molecule has 0 aliphatic carbocycles. The summed E-state index contributed by atoms with van der Waals surface area (Å²) in [5.41, 5.74) is 8.45. The third-order valence-electron chi connectivity index (χ3n) is 7.59. The Morgan fingerprint density at radius 2 is 0.705 bits per heavy atom. The zero-order valence-corrected chi connectivity index (χ0v) is 26.3. The third kappa shape index (κ3) is 7.75. The minimum atomic E-state index is -0.125. The van der Waals surface area contributed by atoms with Crippen molar-refractivity contribution >= 4 is 0 Å². The first-order valence-electron chi connectivity index (χ1n) is 14.3. The van der Waals surface area contributed by atoms with Gasteiger partial charge in [-0.25, -0.2) is 0 Å². The van der Waals surface area contributed by atoms with Crippen LogP contribution in [0.1, 0.15) is 16.7 Å². The molecule has 0 radical (unpaired) electrons. The molecule has 6 aromatic rings. The summed E-state index contributed by atoms with van der Waals surface area (Å²) in [6.45, 7) is 0. The van der Waals surface area contributed by atoms with Gasteiger partial charge in [0.1, 0.15) is 0 Å². The predicted molar refractivity (Wildman–Crippen MR) is 172 cm³/mol. The van der Waals surface area contributed by atoms with Crippen LogP contribution >= 0.6 is 0 Å². The molecule has 3 heterocycles. The maximum atomic E-state index is 11.9. The van der Waals surface area contributed by atoms with Crippen molar-refractivity contribution in [3.63, 3.8) is 0 Å². The molecule has 0 atom stereocenters. The van der Waals surface area contributed by atoms with Gasteiger partial charge in [-0.2, -0.15) is 0 Å². The number of H-pyrrole nitrogens is 3. The van der Waals surface area contributed by atoms with Crippen LogP contribution in [0.4, 0.5) is 0 Å². The number of pyridine rings is 3. The van der Waals surface area contributed by atoms with E-state index < -0.39 is 0 Å². The molecule has 0 aliphatic rings.